The van der Waals surface area contributed by atoms with Gasteiger partial charge < -0.3 is 4.74 Å². The van der Waals surface area contributed by atoms with Crippen molar-refractivity contribution >= 4 is 5.97 Å². The van der Waals surface area contributed by atoms with E-state index < -0.39 is 23.4 Å². The summed E-state index contributed by atoms with van der Waals surface area (Å²) >= 11 is 0. The molecule has 2 heterocycles. The summed E-state index contributed by atoms with van der Waals surface area (Å²) in [6.07, 6.45) is 6.94. The first kappa shape index (κ1) is 27.8. The van der Waals surface area contributed by atoms with E-state index in [0.717, 1.165) is 30.3 Å². The molecule has 4 aromatic rings. The average molecular weight is 564 g/mol. The number of carbonyl (C=O) groups is 1. The molecule has 3 aromatic carbocycles. The molecule has 0 saturated heterocycles. The van der Waals surface area contributed by atoms with E-state index in [0.29, 0.717) is 5.69 Å². The van der Waals surface area contributed by atoms with Crippen LogP contribution in [0.25, 0.3) is 16.8 Å². The monoisotopic (exact) mass is 563 g/mol. The van der Waals surface area contributed by atoms with Crippen molar-refractivity contribution in [2.75, 3.05) is 0 Å². The zero-order valence-corrected chi connectivity index (χ0v) is 24.4. The molecule has 7 heteroatoms. The van der Waals surface area contributed by atoms with E-state index in [9.17, 15) is 14.4 Å². The molecule has 0 spiro atoms. The lowest BCUT2D eigenvalue weighted by Gasteiger charge is -2.42. The van der Waals surface area contributed by atoms with Gasteiger partial charge in [0.2, 0.25) is 0 Å². The maximum Gasteiger partial charge on any atom is 0.352 e. The molecular weight excluding hydrogens is 526 g/mol. The van der Waals surface area contributed by atoms with Gasteiger partial charge in [0, 0.05) is 5.92 Å². The van der Waals surface area contributed by atoms with Crippen LogP contribution in [0.1, 0.15) is 64.1 Å². The second-order valence-electron chi connectivity index (χ2n) is 12.0. The summed E-state index contributed by atoms with van der Waals surface area (Å²) < 4.78 is 10.0. The zero-order chi connectivity index (χ0) is 29.4. The van der Waals surface area contributed by atoms with Gasteiger partial charge in [0.15, 0.2) is 6.04 Å². The highest BCUT2D eigenvalue weighted by Crippen LogP contribution is 2.43. The minimum absolute atomic E-state index is 0.108. The Labute approximate surface area is 245 Å². The van der Waals surface area contributed by atoms with Gasteiger partial charge in [-0.2, -0.15) is 0 Å². The predicted octanol–water partition coefficient (Wildman–Crippen LogP) is 6.22. The van der Waals surface area contributed by atoms with Crippen LogP contribution >= 0.6 is 0 Å². The minimum atomic E-state index is -1.01. The number of allylic oxidation sites excluding steroid dienone is 1. The largest absolute Gasteiger partial charge is 0.460 e. The predicted molar refractivity (Wildman–Crippen MR) is 164 cm³/mol. The molecular formula is C35H37N3O4. The summed E-state index contributed by atoms with van der Waals surface area (Å²) in [6.45, 7) is 6.28. The summed E-state index contributed by atoms with van der Waals surface area (Å²) in [6, 6.07) is 26.4. The van der Waals surface area contributed by atoms with Crippen LogP contribution < -0.4 is 11.4 Å². The number of rotatable bonds is 6. The Morgan fingerprint density at radius 2 is 1.36 bits per heavy atom. The molecule has 2 aliphatic rings. The smallest absolute Gasteiger partial charge is 0.352 e. The summed E-state index contributed by atoms with van der Waals surface area (Å²) in [5, 5.41) is 0. The van der Waals surface area contributed by atoms with E-state index in [1.54, 1.807) is 36.4 Å². The number of esters is 1. The van der Waals surface area contributed by atoms with Crippen LogP contribution in [0.15, 0.2) is 107 Å². The van der Waals surface area contributed by atoms with Crippen molar-refractivity contribution in [1.82, 2.24) is 13.9 Å². The Morgan fingerprint density at radius 3 is 2.05 bits per heavy atom. The molecule has 0 bridgehead atoms. The Balaban J connectivity index is 1.27. The number of carbonyl (C=O) groups excluding carboxylic acids is 1. The van der Waals surface area contributed by atoms with E-state index in [-0.39, 0.29) is 23.5 Å². The van der Waals surface area contributed by atoms with Crippen molar-refractivity contribution in [3.05, 3.63) is 124 Å². The van der Waals surface area contributed by atoms with Gasteiger partial charge in [-0.15, -0.1) is 0 Å². The van der Waals surface area contributed by atoms with Gasteiger partial charge in [0.05, 0.1) is 11.7 Å². The SMILES string of the molecule is C[C@H]1C=C[C@@H](C(=O)O[C@H]2CCCC[C@@H]2C(C)(C)c2ccc(-c3ccccc3)cc2)n2c(=O)n(-c3ccccc3)c(=O)n21. The highest BCUT2D eigenvalue weighted by molar-refractivity contribution is 5.76. The molecule has 216 valence electrons. The minimum Gasteiger partial charge on any atom is -0.460 e. The van der Waals surface area contributed by atoms with Crippen molar-refractivity contribution in [3.8, 4) is 16.8 Å². The third-order valence-corrected chi connectivity index (χ3v) is 9.12. The number of nitrogens with zero attached hydrogens (tertiary/aromatic N) is 3. The number of para-hydroxylation sites is 1. The molecule has 0 N–H and O–H groups in total. The first-order valence-corrected chi connectivity index (χ1v) is 14.8. The number of hydrogen-bond donors (Lipinski definition) is 0. The van der Waals surface area contributed by atoms with Gasteiger partial charge in [-0.3, -0.25) is 0 Å². The molecule has 1 aromatic heterocycles. The fourth-order valence-electron chi connectivity index (χ4n) is 6.72. The molecule has 4 atom stereocenters. The normalized spacial score (nSPS) is 22.0. The number of hydrogen-bond acceptors (Lipinski definition) is 4. The first-order valence-electron chi connectivity index (χ1n) is 14.8. The van der Waals surface area contributed by atoms with Crippen LogP contribution in [-0.2, 0) is 14.9 Å². The molecule has 7 nitrogen and oxygen atoms in total. The van der Waals surface area contributed by atoms with Crippen molar-refractivity contribution in [2.24, 2.45) is 5.92 Å². The summed E-state index contributed by atoms with van der Waals surface area (Å²) in [5.41, 5.74) is 2.74. The van der Waals surface area contributed by atoms with Gasteiger partial charge in [0.25, 0.3) is 0 Å². The van der Waals surface area contributed by atoms with Crippen LogP contribution in [0.3, 0.4) is 0 Å². The number of benzene rings is 3. The fourth-order valence-corrected chi connectivity index (χ4v) is 6.72. The lowest BCUT2D eigenvalue weighted by Crippen LogP contribution is -2.44. The lowest BCUT2D eigenvalue weighted by atomic mass is 9.66. The molecule has 1 fully saturated rings. The van der Waals surface area contributed by atoms with Crippen LogP contribution in [0.4, 0.5) is 0 Å². The van der Waals surface area contributed by atoms with Gasteiger partial charge in [-0.05, 0) is 60.4 Å². The van der Waals surface area contributed by atoms with Crippen molar-refractivity contribution in [3.63, 3.8) is 0 Å². The molecule has 1 aliphatic carbocycles. The zero-order valence-electron chi connectivity index (χ0n) is 24.4. The van der Waals surface area contributed by atoms with E-state index >= 15 is 0 Å². The maximum absolute atomic E-state index is 13.8. The van der Waals surface area contributed by atoms with Crippen LogP contribution in [0.2, 0.25) is 0 Å². The molecule has 42 heavy (non-hydrogen) atoms. The molecule has 0 unspecified atom stereocenters. The summed E-state index contributed by atoms with van der Waals surface area (Å²) in [7, 11) is 0. The van der Waals surface area contributed by atoms with Crippen molar-refractivity contribution < 1.29 is 9.53 Å². The van der Waals surface area contributed by atoms with E-state index in [1.807, 2.05) is 31.2 Å². The highest BCUT2D eigenvalue weighted by Gasteiger charge is 2.42. The molecule has 0 amide bonds. The van der Waals surface area contributed by atoms with Crippen molar-refractivity contribution in [2.45, 2.75) is 70.1 Å². The van der Waals surface area contributed by atoms with E-state index in [4.69, 9.17) is 4.74 Å². The molecule has 0 radical (unpaired) electrons. The topological polar surface area (TPSA) is 75.2 Å². The Hall–Kier alpha value is -4.39. The average Bonchev–Trinajstić information content (AvgIpc) is 3.28. The van der Waals surface area contributed by atoms with Gasteiger partial charge in [-0.25, -0.2) is 28.3 Å². The molecule has 6 rings (SSSR count). The second kappa shape index (κ2) is 11.1. The number of aromatic nitrogens is 3. The van der Waals surface area contributed by atoms with Gasteiger partial charge in [-0.1, -0.05) is 105 Å². The Bertz CT molecular complexity index is 1710. The standard InChI is InChI=1S/C35H37N3O4/c1-24-18-23-30(38-34(41)36(33(40)37(24)38)28-14-8-5-9-15-28)32(39)42-31-17-11-10-16-29(31)35(2,3)27-21-19-26(20-22-27)25-12-6-4-7-13-25/h4-9,12-15,18-24,29-31H,10-11,16-17H2,1-3H3/t24-,29-,30-,31-/m0/s1. The lowest BCUT2D eigenvalue weighted by molar-refractivity contribution is -0.158. The third kappa shape index (κ3) is 4.87. The molecule has 1 aliphatic heterocycles. The number of fused-ring (bicyclic) bond motifs is 1. The van der Waals surface area contributed by atoms with E-state index in [1.165, 1.54) is 26.1 Å². The summed E-state index contributed by atoms with van der Waals surface area (Å²) in [5.74, 6) is -0.400. The Kier molecular flexibility index (Phi) is 7.35. The third-order valence-electron chi connectivity index (χ3n) is 9.12. The number of ether oxygens (including phenoxy) is 1. The van der Waals surface area contributed by atoms with E-state index in [2.05, 4.69) is 50.2 Å². The maximum atomic E-state index is 13.8. The fraction of sp³-hybridized carbons (Fsp3) is 0.343. The van der Waals surface area contributed by atoms with Gasteiger partial charge >= 0.3 is 17.3 Å². The van der Waals surface area contributed by atoms with Crippen molar-refractivity contribution in [1.29, 1.82) is 0 Å². The highest BCUT2D eigenvalue weighted by atomic mass is 16.5. The quantitative estimate of drug-likeness (QED) is 0.206. The van der Waals surface area contributed by atoms with Crippen LogP contribution in [0.5, 0.6) is 0 Å². The van der Waals surface area contributed by atoms with Gasteiger partial charge in [0.1, 0.15) is 6.10 Å². The first-order chi connectivity index (χ1) is 20.3. The molecule has 1 saturated carbocycles. The van der Waals surface area contributed by atoms with Crippen LogP contribution in [0, 0.1) is 5.92 Å². The second-order valence-corrected chi connectivity index (χ2v) is 12.0. The van der Waals surface area contributed by atoms with Crippen LogP contribution in [-0.4, -0.2) is 26.0 Å². The Morgan fingerprint density at radius 1 is 0.762 bits per heavy atom. The summed E-state index contributed by atoms with van der Waals surface area (Å²) in [4.78, 5) is 40.8.